The SMILES string of the molecule is Cc1cc(C)c([N+](=O)[O-])c(Oc2ccc(-n3cccn3)cc2)n1. The van der Waals surface area contributed by atoms with Gasteiger partial charge in [-0.05, 0) is 50.2 Å². The Labute approximate surface area is 132 Å². The van der Waals surface area contributed by atoms with Gasteiger partial charge in [-0.1, -0.05) is 0 Å². The quantitative estimate of drug-likeness (QED) is 0.543. The predicted molar refractivity (Wildman–Crippen MR) is 84.0 cm³/mol. The highest BCUT2D eigenvalue weighted by molar-refractivity contribution is 5.50. The van der Waals surface area contributed by atoms with Gasteiger partial charge < -0.3 is 4.74 Å². The fourth-order valence-electron chi connectivity index (χ4n) is 2.29. The van der Waals surface area contributed by atoms with E-state index in [0.717, 1.165) is 5.69 Å². The molecule has 0 radical (unpaired) electrons. The van der Waals surface area contributed by atoms with Gasteiger partial charge in [0.25, 0.3) is 5.88 Å². The van der Waals surface area contributed by atoms with Crippen LogP contribution in [-0.4, -0.2) is 19.7 Å². The number of ether oxygens (including phenoxy) is 1. The minimum atomic E-state index is -0.477. The second kappa shape index (κ2) is 5.88. The lowest BCUT2D eigenvalue weighted by molar-refractivity contribution is -0.386. The Morgan fingerprint density at radius 3 is 2.57 bits per heavy atom. The fourth-order valence-corrected chi connectivity index (χ4v) is 2.29. The normalized spacial score (nSPS) is 10.5. The number of aryl methyl sites for hydroxylation is 2. The molecule has 0 amide bonds. The molecule has 0 saturated heterocycles. The van der Waals surface area contributed by atoms with Gasteiger partial charge in [0.2, 0.25) is 0 Å². The van der Waals surface area contributed by atoms with E-state index in [9.17, 15) is 10.1 Å². The molecule has 0 bridgehead atoms. The van der Waals surface area contributed by atoms with Gasteiger partial charge >= 0.3 is 5.69 Å². The lowest BCUT2D eigenvalue weighted by Gasteiger charge is -2.09. The van der Waals surface area contributed by atoms with Crippen LogP contribution in [0.2, 0.25) is 0 Å². The van der Waals surface area contributed by atoms with E-state index in [1.807, 2.05) is 24.4 Å². The average molecular weight is 310 g/mol. The van der Waals surface area contributed by atoms with Crippen LogP contribution in [0.1, 0.15) is 11.3 Å². The molecule has 0 atom stereocenters. The molecule has 0 spiro atoms. The minimum absolute atomic E-state index is 0.000612. The van der Waals surface area contributed by atoms with Crippen LogP contribution in [0.25, 0.3) is 5.69 Å². The number of nitrogens with zero attached hydrogens (tertiary/aromatic N) is 4. The molecule has 3 rings (SSSR count). The maximum Gasteiger partial charge on any atom is 0.334 e. The van der Waals surface area contributed by atoms with Crippen molar-refractivity contribution in [3.63, 3.8) is 0 Å². The van der Waals surface area contributed by atoms with Crippen molar-refractivity contribution in [3.05, 3.63) is 70.2 Å². The van der Waals surface area contributed by atoms with Gasteiger partial charge in [-0.25, -0.2) is 9.67 Å². The van der Waals surface area contributed by atoms with Crippen LogP contribution >= 0.6 is 0 Å². The molecule has 23 heavy (non-hydrogen) atoms. The van der Waals surface area contributed by atoms with Crippen LogP contribution in [0.3, 0.4) is 0 Å². The molecule has 2 heterocycles. The maximum absolute atomic E-state index is 11.2. The van der Waals surface area contributed by atoms with Crippen molar-refractivity contribution < 1.29 is 9.66 Å². The van der Waals surface area contributed by atoms with Crippen molar-refractivity contribution in [3.8, 4) is 17.3 Å². The van der Waals surface area contributed by atoms with Gasteiger partial charge in [-0.2, -0.15) is 5.10 Å². The van der Waals surface area contributed by atoms with Crippen LogP contribution in [0.4, 0.5) is 5.69 Å². The lowest BCUT2D eigenvalue weighted by Crippen LogP contribution is -2.00. The Hall–Kier alpha value is -3.22. The highest BCUT2D eigenvalue weighted by Gasteiger charge is 2.21. The fraction of sp³-hybridized carbons (Fsp3) is 0.125. The molecule has 7 nitrogen and oxygen atoms in total. The number of hydrogen-bond donors (Lipinski definition) is 0. The highest BCUT2D eigenvalue weighted by Crippen LogP contribution is 2.32. The molecule has 0 N–H and O–H groups in total. The molecule has 2 aromatic heterocycles. The molecule has 7 heteroatoms. The monoisotopic (exact) mass is 310 g/mol. The molecule has 0 saturated carbocycles. The molecule has 3 aromatic rings. The topological polar surface area (TPSA) is 83.1 Å². The molecular weight excluding hydrogens is 296 g/mol. The smallest absolute Gasteiger partial charge is 0.334 e. The Bertz CT molecular complexity index is 843. The predicted octanol–water partition coefficient (Wildman–Crippen LogP) is 3.58. The first-order valence-corrected chi connectivity index (χ1v) is 6.95. The summed E-state index contributed by atoms with van der Waals surface area (Å²) in [5.41, 5.74) is 1.93. The Morgan fingerprint density at radius 2 is 1.96 bits per heavy atom. The standard InChI is InChI=1S/C16H14N4O3/c1-11-10-12(2)18-16(15(11)20(21)22)23-14-6-4-13(5-7-14)19-9-3-8-17-19/h3-10H,1-2H3. The summed E-state index contributed by atoms with van der Waals surface area (Å²) >= 11 is 0. The first kappa shape index (κ1) is 14.7. The van der Waals surface area contributed by atoms with Crippen LogP contribution in [0, 0.1) is 24.0 Å². The van der Waals surface area contributed by atoms with Gasteiger partial charge in [0.1, 0.15) is 5.75 Å². The summed E-state index contributed by atoms with van der Waals surface area (Å²) in [5, 5.41) is 15.4. The van der Waals surface area contributed by atoms with Gasteiger partial charge in [0.05, 0.1) is 10.6 Å². The summed E-state index contributed by atoms with van der Waals surface area (Å²) in [6.07, 6.45) is 3.51. The largest absolute Gasteiger partial charge is 0.434 e. The average Bonchev–Trinajstić information content (AvgIpc) is 3.01. The number of pyridine rings is 1. The lowest BCUT2D eigenvalue weighted by atomic mass is 10.2. The number of hydrogen-bond acceptors (Lipinski definition) is 5. The van der Waals surface area contributed by atoms with E-state index in [2.05, 4.69) is 10.1 Å². The summed E-state index contributed by atoms with van der Waals surface area (Å²) in [5.74, 6) is 0.473. The zero-order valence-corrected chi connectivity index (χ0v) is 12.6. The van der Waals surface area contributed by atoms with Crippen molar-refractivity contribution in [2.24, 2.45) is 0 Å². The summed E-state index contributed by atoms with van der Waals surface area (Å²) in [6.45, 7) is 3.44. The Morgan fingerprint density at radius 1 is 1.22 bits per heavy atom. The van der Waals surface area contributed by atoms with E-state index in [1.165, 1.54) is 0 Å². The minimum Gasteiger partial charge on any atom is -0.434 e. The summed E-state index contributed by atoms with van der Waals surface area (Å²) in [4.78, 5) is 14.9. The van der Waals surface area contributed by atoms with Gasteiger partial charge in [0.15, 0.2) is 0 Å². The second-order valence-corrected chi connectivity index (χ2v) is 5.04. The third kappa shape index (κ3) is 3.03. The van der Waals surface area contributed by atoms with Crippen molar-refractivity contribution >= 4 is 5.69 Å². The first-order chi connectivity index (χ1) is 11.0. The van der Waals surface area contributed by atoms with E-state index in [1.54, 1.807) is 42.9 Å². The highest BCUT2D eigenvalue weighted by atomic mass is 16.6. The molecule has 0 fully saturated rings. The zero-order chi connectivity index (χ0) is 16.4. The van der Waals surface area contributed by atoms with Gasteiger partial charge in [-0.15, -0.1) is 0 Å². The number of benzene rings is 1. The van der Waals surface area contributed by atoms with Crippen LogP contribution in [0.5, 0.6) is 11.6 Å². The van der Waals surface area contributed by atoms with Crippen molar-refractivity contribution in [1.29, 1.82) is 0 Å². The number of aromatic nitrogens is 3. The van der Waals surface area contributed by atoms with E-state index < -0.39 is 4.92 Å². The van der Waals surface area contributed by atoms with Crippen molar-refractivity contribution in [2.45, 2.75) is 13.8 Å². The summed E-state index contributed by atoms with van der Waals surface area (Å²) in [7, 11) is 0. The van der Waals surface area contributed by atoms with E-state index in [-0.39, 0.29) is 11.6 Å². The molecule has 0 unspecified atom stereocenters. The number of nitro groups is 1. The molecule has 0 aliphatic rings. The van der Waals surface area contributed by atoms with E-state index >= 15 is 0 Å². The third-order valence-corrected chi connectivity index (χ3v) is 3.28. The van der Waals surface area contributed by atoms with E-state index in [0.29, 0.717) is 17.0 Å². The van der Waals surface area contributed by atoms with Crippen molar-refractivity contribution in [1.82, 2.24) is 14.8 Å². The van der Waals surface area contributed by atoms with Crippen molar-refractivity contribution in [2.75, 3.05) is 0 Å². The second-order valence-electron chi connectivity index (χ2n) is 5.04. The van der Waals surface area contributed by atoms with Gasteiger partial charge in [0, 0.05) is 23.7 Å². The van der Waals surface area contributed by atoms with Crippen LogP contribution in [0.15, 0.2) is 48.8 Å². The molecule has 1 aromatic carbocycles. The summed E-state index contributed by atoms with van der Waals surface area (Å²) < 4.78 is 7.33. The van der Waals surface area contributed by atoms with Crippen LogP contribution < -0.4 is 4.74 Å². The summed E-state index contributed by atoms with van der Waals surface area (Å²) in [6, 6.07) is 10.6. The van der Waals surface area contributed by atoms with Gasteiger partial charge in [-0.3, -0.25) is 10.1 Å². The van der Waals surface area contributed by atoms with E-state index in [4.69, 9.17) is 4.74 Å². The molecular formula is C16H14N4O3. The maximum atomic E-state index is 11.2. The Balaban J connectivity index is 1.92. The Kier molecular flexibility index (Phi) is 3.76. The first-order valence-electron chi connectivity index (χ1n) is 6.95. The number of rotatable bonds is 4. The van der Waals surface area contributed by atoms with Crippen LogP contribution in [-0.2, 0) is 0 Å². The molecule has 0 aliphatic heterocycles. The third-order valence-electron chi connectivity index (χ3n) is 3.28. The zero-order valence-electron chi connectivity index (χ0n) is 12.6. The molecule has 0 aliphatic carbocycles. The molecule has 116 valence electrons.